The van der Waals surface area contributed by atoms with E-state index in [1.807, 2.05) is 0 Å². The van der Waals surface area contributed by atoms with Crippen molar-refractivity contribution >= 4 is 0 Å². The quantitative estimate of drug-likeness (QED) is 0.838. The second-order valence-electron chi connectivity index (χ2n) is 5.73. The SMILES string of the molecule is CCCC1(CCC)OC(C)N[C@H]1Cc1ccccc1. The third-order valence-electron chi connectivity index (χ3n) is 4.11. The summed E-state index contributed by atoms with van der Waals surface area (Å²) < 4.78 is 6.30. The molecule has 1 N–H and O–H groups in total. The van der Waals surface area contributed by atoms with Gasteiger partial charge in [-0.15, -0.1) is 0 Å². The minimum atomic E-state index is 0.0265. The van der Waals surface area contributed by atoms with Crippen LogP contribution in [-0.2, 0) is 11.2 Å². The van der Waals surface area contributed by atoms with Crippen LogP contribution in [0.1, 0.15) is 52.0 Å². The molecule has 0 saturated carbocycles. The van der Waals surface area contributed by atoms with Crippen LogP contribution in [0.5, 0.6) is 0 Å². The van der Waals surface area contributed by atoms with Gasteiger partial charge in [0.2, 0.25) is 0 Å². The number of nitrogens with one attached hydrogen (secondary N) is 1. The molecule has 0 aromatic heterocycles. The Labute approximate surface area is 117 Å². The fraction of sp³-hybridized carbons (Fsp3) is 0.647. The van der Waals surface area contributed by atoms with E-state index in [9.17, 15) is 0 Å². The van der Waals surface area contributed by atoms with Gasteiger partial charge in [0.05, 0.1) is 5.60 Å². The van der Waals surface area contributed by atoms with Gasteiger partial charge in [-0.2, -0.15) is 0 Å². The van der Waals surface area contributed by atoms with Crippen LogP contribution in [0.25, 0.3) is 0 Å². The van der Waals surface area contributed by atoms with Gasteiger partial charge in [-0.25, -0.2) is 0 Å². The molecule has 2 heteroatoms. The lowest BCUT2D eigenvalue weighted by atomic mass is 9.82. The smallest absolute Gasteiger partial charge is 0.106 e. The predicted molar refractivity (Wildman–Crippen MR) is 80.2 cm³/mol. The van der Waals surface area contributed by atoms with Gasteiger partial charge in [-0.1, -0.05) is 57.0 Å². The minimum absolute atomic E-state index is 0.0265. The zero-order chi connectivity index (χ0) is 13.7. The summed E-state index contributed by atoms with van der Waals surface area (Å²) in [4.78, 5) is 0. The molecule has 0 amide bonds. The molecular formula is C17H27NO. The molecule has 2 atom stereocenters. The number of ether oxygens (including phenoxy) is 1. The summed E-state index contributed by atoms with van der Waals surface area (Å²) in [5, 5.41) is 3.64. The fourth-order valence-electron chi connectivity index (χ4n) is 3.44. The number of rotatable bonds is 6. The Balaban J connectivity index is 2.15. The van der Waals surface area contributed by atoms with Crippen molar-refractivity contribution in [3.8, 4) is 0 Å². The first kappa shape index (κ1) is 14.5. The van der Waals surface area contributed by atoms with Crippen molar-refractivity contribution in [1.82, 2.24) is 5.32 Å². The van der Waals surface area contributed by atoms with E-state index in [4.69, 9.17) is 4.74 Å². The molecule has 1 aliphatic rings. The van der Waals surface area contributed by atoms with Gasteiger partial charge in [0, 0.05) is 6.04 Å². The van der Waals surface area contributed by atoms with Crippen molar-refractivity contribution in [2.24, 2.45) is 0 Å². The molecular weight excluding hydrogens is 234 g/mol. The van der Waals surface area contributed by atoms with Gasteiger partial charge in [0.15, 0.2) is 0 Å². The van der Waals surface area contributed by atoms with E-state index in [2.05, 4.69) is 56.4 Å². The Morgan fingerprint density at radius 1 is 1.11 bits per heavy atom. The first-order valence-corrected chi connectivity index (χ1v) is 7.68. The van der Waals surface area contributed by atoms with Gasteiger partial charge < -0.3 is 4.74 Å². The van der Waals surface area contributed by atoms with Crippen LogP contribution in [0, 0.1) is 0 Å². The van der Waals surface area contributed by atoms with Crippen LogP contribution in [0.15, 0.2) is 30.3 Å². The summed E-state index contributed by atoms with van der Waals surface area (Å²) in [5.41, 5.74) is 1.42. The third-order valence-corrected chi connectivity index (χ3v) is 4.11. The summed E-state index contributed by atoms with van der Waals surface area (Å²) in [5.74, 6) is 0. The second kappa shape index (κ2) is 6.53. The molecule has 2 rings (SSSR count). The van der Waals surface area contributed by atoms with Gasteiger partial charge in [-0.3, -0.25) is 5.32 Å². The van der Waals surface area contributed by atoms with E-state index in [-0.39, 0.29) is 11.8 Å². The van der Waals surface area contributed by atoms with Crippen LogP contribution in [-0.4, -0.2) is 17.9 Å². The van der Waals surface area contributed by atoms with E-state index in [1.54, 1.807) is 0 Å². The maximum absolute atomic E-state index is 6.30. The molecule has 0 spiro atoms. The molecule has 0 radical (unpaired) electrons. The molecule has 19 heavy (non-hydrogen) atoms. The standard InChI is InChI=1S/C17H27NO/c1-4-11-17(12-5-2)16(18-14(3)19-17)13-15-9-7-6-8-10-15/h6-10,14,16,18H,4-5,11-13H2,1-3H3/t14?,16-/m0/s1. The average molecular weight is 261 g/mol. The van der Waals surface area contributed by atoms with Crippen molar-refractivity contribution in [2.45, 2.75) is 70.7 Å². The highest BCUT2D eigenvalue weighted by atomic mass is 16.5. The first-order valence-electron chi connectivity index (χ1n) is 7.68. The largest absolute Gasteiger partial charge is 0.356 e. The molecule has 0 aliphatic carbocycles. The van der Waals surface area contributed by atoms with Crippen LogP contribution < -0.4 is 5.32 Å². The van der Waals surface area contributed by atoms with Gasteiger partial charge >= 0.3 is 0 Å². The predicted octanol–water partition coefficient (Wildman–Crippen LogP) is 3.90. The Hall–Kier alpha value is -0.860. The van der Waals surface area contributed by atoms with Crippen molar-refractivity contribution in [1.29, 1.82) is 0 Å². The molecule has 1 aromatic rings. The van der Waals surface area contributed by atoms with Crippen LogP contribution >= 0.6 is 0 Å². The highest BCUT2D eigenvalue weighted by Gasteiger charge is 2.45. The Kier molecular flexibility index (Phi) is 5.00. The molecule has 106 valence electrons. The van der Waals surface area contributed by atoms with Crippen LogP contribution in [0.4, 0.5) is 0 Å². The number of benzene rings is 1. The second-order valence-corrected chi connectivity index (χ2v) is 5.73. The van der Waals surface area contributed by atoms with E-state index >= 15 is 0 Å². The summed E-state index contributed by atoms with van der Waals surface area (Å²) in [6.45, 7) is 6.64. The lowest BCUT2D eigenvalue weighted by Gasteiger charge is -2.34. The van der Waals surface area contributed by atoms with Crippen molar-refractivity contribution in [3.63, 3.8) is 0 Å². The normalized spacial score (nSPS) is 25.6. The molecule has 1 heterocycles. The molecule has 2 nitrogen and oxygen atoms in total. The summed E-state index contributed by atoms with van der Waals surface area (Å²) >= 11 is 0. The zero-order valence-corrected chi connectivity index (χ0v) is 12.5. The summed E-state index contributed by atoms with van der Waals surface area (Å²) in [6.07, 6.45) is 5.89. The van der Waals surface area contributed by atoms with E-state index < -0.39 is 0 Å². The monoisotopic (exact) mass is 261 g/mol. The molecule has 1 fully saturated rings. The van der Waals surface area contributed by atoms with Crippen LogP contribution in [0.3, 0.4) is 0 Å². The fourth-order valence-corrected chi connectivity index (χ4v) is 3.44. The summed E-state index contributed by atoms with van der Waals surface area (Å²) in [6, 6.07) is 11.2. The van der Waals surface area contributed by atoms with Crippen molar-refractivity contribution < 1.29 is 4.74 Å². The minimum Gasteiger partial charge on any atom is -0.356 e. The third kappa shape index (κ3) is 3.37. The molecule has 1 aliphatic heterocycles. The van der Waals surface area contributed by atoms with E-state index in [0.717, 1.165) is 19.3 Å². The average Bonchev–Trinajstić information content (AvgIpc) is 2.68. The highest BCUT2D eigenvalue weighted by Crippen LogP contribution is 2.35. The molecule has 1 aromatic carbocycles. The molecule has 0 bridgehead atoms. The van der Waals surface area contributed by atoms with Gasteiger partial charge in [-0.05, 0) is 31.7 Å². The lowest BCUT2D eigenvalue weighted by molar-refractivity contribution is -0.0537. The maximum atomic E-state index is 6.30. The number of hydrogen-bond donors (Lipinski definition) is 1. The summed E-state index contributed by atoms with van der Waals surface area (Å²) in [7, 11) is 0. The molecule has 1 unspecified atom stereocenters. The van der Waals surface area contributed by atoms with E-state index in [0.29, 0.717) is 6.04 Å². The Morgan fingerprint density at radius 3 is 2.32 bits per heavy atom. The Morgan fingerprint density at radius 2 is 1.74 bits per heavy atom. The Bertz CT molecular complexity index is 370. The maximum Gasteiger partial charge on any atom is 0.106 e. The van der Waals surface area contributed by atoms with Crippen LogP contribution in [0.2, 0.25) is 0 Å². The highest BCUT2D eigenvalue weighted by molar-refractivity contribution is 5.18. The topological polar surface area (TPSA) is 21.3 Å². The number of hydrogen-bond acceptors (Lipinski definition) is 2. The van der Waals surface area contributed by atoms with E-state index in [1.165, 1.54) is 18.4 Å². The molecule has 1 saturated heterocycles. The first-order chi connectivity index (χ1) is 9.20. The van der Waals surface area contributed by atoms with Crippen molar-refractivity contribution in [2.75, 3.05) is 0 Å². The van der Waals surface area contributed by atoms with Crippen molar-refractivity contribution in [3.05, 3.63) is 35.9 Å². The van der Waals surface area contributed by atoms with Gasteiger partial charge in [0.1, 0.15) is 6.23 Å². The zero-order valence-electron chi connectivity index (χ0n) is 12.5. The van der Waals surface area contributed by atoms with Gasteiger partial charge in [0.25, 0.3) is 0 Å². The lowest BCUT2D eigenvalue weighted by Crippen LogP contribution is -2.45.